The van der Waals surface area contributed by atoms with E-state index in [1.807, 2.05) is 0 Å². The highest BCUT2D eigenvalue weighted by atomic mass is 35.5. The molecule has 4 nitrogen and oxygen atoms in total. The summed E-state index contributed by atoms with van der Waals surface area (Å²) in [5.74, 6) is -1.07. The van der Waals surface area contributed by atoms with Gasteiger partial charge in [0.05, 0.1) is 17.5 Å². The third kappa shape index (κ3) is 7.96. The number of carbonyl (C=O) groups excluding carboxylic acids is 1. The minimum absolute atomic E-state index is 0.0187. The van der Waals surface area contributed by atoms with Gasteiger partial charge in [0.1, 0.15) is 5.82 Å². The molecule has 0 N–H and O–H groups in total. The van der Waals surface area contributed by atoms with E-state index in [9.17, 15) is 35.5 Å². The average molecular weight is 662 g/mol. The molecule has 0 radical (unpaired) electrons. The molecule has 1 unspecified atom stereocenters. The van der Waals surface area contributed by atoms with Gasteiger partial charge < -0.3 is 14.7 Å². The summed E-state index contributed by atoms with van der Waals surface area (Å²) < 4.78 is 97.5. The molecule has 3 aliphatic rings. The van der Waals surface area contributed by atoms with Gasteiger partial charge in [-0.25, -0.2) is 4.39 Å². The number of benzene rings is 2. The number of piperidine rings is 3. The van der Waals surface area contributed by atoms with Crippen LogP contribution in [0.5, 0.6) is 0 Å². The number of hydrogen-bond acceptors (Lipinski definition) is 3. The number of rotatable bonds is 7. The van der Waals surface area contributed by atoms with Crippen LogP contribution in [-0.2, 0) is 29.0 Å². The molecule has 2 aromatic rings. The van der Waals surface area contributed by atoms with Crippen LogP contribution in [-0.4, -0.2) is 72.5 Å². The van der Waals surface area contributed by atoms with E-state index in [2.05, 4.69) is 9.80 Å². The predicted molar refractivity (Wildman–Crippen MR) is 159 cm³/mol. The Morgan fingerprint density at radius 2 is 1.56 bits per heavy atom. The van der Waals surface area contributed by atoms with Gasteiger partial charge in [-0.05, 0) is 107 Å². The summed E-state index contributed by atoms with van der Waals surface area (Å²) in [6.45, 7) is 4.72. The Kier molecular flexibility index (Phi) is 10.4. The van der Waals surface area contributed by atoms with Crippen molar-refractivity contribution < 1.29 is 35.5 Å². The molecule has 3 heterocycles. The van der Waals surface area contributed by atoms with E-state index >= 15 is 0 Å². The fraction of sp³-hybridized carbons (Fsp3) is 0.606. The summed E-state index contributed by atoms with van der Waals surface area (Å²) in [7, 11) is 0. The van der Waals surface area contributed by atoms with Gasteiger partial charge in [0.25, 0.3) is 0 Å². The highest BCUT2D eigenvalue weighted by molar-refractivity contribution is 6.31. The van der Waals surface area contributed by atoms with Crippen LogP contribution in [0.4, 0.5) is 30.7 Å². The van der Waals surface area contributed by atoms with Gasteiger partial charge in [-0.15, -0.1) is 0 Å². The van der Waals surface area contributed by atoms with Gasteiger partial charge in [-0.1, -0.05) is 30.2 Å². The number of hydrogen-bond donors (Lipinski definition) is 0. The number of halogens is 8. The highest BCUT2D eigenvalue weighted by Gasteiger charge is 2.46. The standard InChI is InChI=1S/C33H39ClF7N3O/c34-28-6-4-7-29(35)25(28)21-30(45)44-16-5-12-31(22-44,23-8-9-26(32(36,37)38)27(20-23)33(39,40)41)13-19-42-17-10-24(11-18-42)43-14-2-1-3-15-43/h4,6-9,20,24H,1-3,5,10-19,21-22H2. The molecule has 0 bridgehead atoms. The van der Waals surface area contributed by atoms with E-state index in [1.54, 1.807) is 0 Å². The lowest BCUT2D eigenvalue weighted by atomic mass is 9.70. The summed E-state index contributed by atoms with van der Waals surface area (Å²) in [6.07, 6.45) is -3.88. The van der Waals surface area contributed by atoms with E-state index < -0.39 is 40.6 Å². The van der Waals surface area contributed by atoms with Crippen LogP contribution in [0.3, 0.4) is 0 Å². The lowest BCUT2D eigenvalue weighted by Gasteiger charge is -2.46. The molecule has 45 heavy (non-hydrogen) atoms. The fourth-order valence-corrected chi connectivity index (χ4v) is 7.64. The van der Waals surface area contributed by atoms with Crippen molar-refractivity contribution >= 4 is 17.5 Å². The molecular weight excluding hydrogens is 623 g/mol. The number of carbonyl (C=O) groups is 1. The molecule has 248 valence electrons. The Labute approximate surface area is 264 Å². The van der Waals surface area contributed by atoms with Gasteiger partial charge in [0.2, 0.25) is 5.91 Å². The number of nitrogens with zero attached hydrogens (tertiary/aromatic N) is 3. The Hall–Kier alpha value is -2.37. The Balaban J connectivity index is 1.40. The molecule has 3 saturated heterocycles. The second-order valence-electron chi connectivity index (χ2n) is 12.8. The van der Waals surface area contributed by atoms with Crippen molar-refractivity contribution in [3.8, 4) is 0 Å². The summed E-state index contributed by atoms with van der Waals surface area (Å²) in [4.78, 5) is 19.8. The molecule has 3 aliphatic heterocycles. The maximum absolute atomic E-state index is 14.5. The first kappa shape index (κ1) is 34.0. The molecule has 0 aliphatic carbocycles. The Morgan fingerprint density at radius 3 is 2.20 bits per heavy atom. The summed E-state index contributed by atoms with van der Waals surface area (Å²) in [6, 6.07) is 6.90. The van der Waals surface area contributed by atoms with Gasteiger partial charge in [-0.2, -0.15) is 26.3 Å². The van der Waals surface area contributed by atoms with E-state index in [4.69, 9.17) is 11.6 Å². The Bertz CT molecular complexity index is 1320. The molecule has 5 rings (SSSR count). The zero-order valence-corrected chi connectivity index (χ0v) is 25.9. The minimum atomic E-state index is -5.22. The molecule has 0 spiro atoms. The fourth-order valence-electron chi connectivity index (χ4n) is 7.41. The molecule has 1 atom stereocenters. The van der Waals surface area contributed by atoms with Crippen molar-refractivity contribution in [3.63, 3.8) is 0 Å². The van der Waals surface area contributed by atoms with Gasteiger partial charge in [0.15, 0.2) is 0 Å². The number of alkyl halides is 6. The van der Waals surface area contributed by atoms with Crippen molar-refractivity contribution in [2.75, 3.05) is 45.8 Å². The first-order valence-corrected chi connectivity index (χ1v) is 16.1. The van der Waals surface area contributed by atoms with E-state index in [1.165, 1.54) is 42.4 Å². The maximum atomic E-state index is 14.5. The SMILES string of the molecule is O=C(Cc1c(F)cccc1Cl)N1CCCC(CCN2CCC(N3CCCCC3)CC2)(c2ccc(C(F)(F)F)c(C(F)(F)F)c2)C1. The molecule has 2 aromatic carbocycles. The number of amides is 1. The minimum Gasteiger partial charge on any atom is -0.342 e. The smallest absolute Gasteiger partial charge is 0.342 e. The predicted octanol–water partition coefficient (Wildman–Crippen LogP) is 7.96. The van der Waals surface area contributed by atoms with Gasteiger partial charge in [-0.3, -0.25) is 4.79 Å². The van der Waals surface area contributed by atoms with Crippen LogP contribution in [0.15, 0.2) is 36.4 Å². The lowest BCUT2D eigenvalue weighted by Crippen LogP contribution is -2.51. The van der Waals surface area contributed by atoms with Crippen molar-refractivity contribution in [1.29, 1.82) is 0 Å². The van der Waals surface area contributed by atoms with Crippen LogP contribution < -0.4 is 0 Å². The molecule has 1 amide bonds. The zero-order valence-electron chi connectivity index (χ0n) is 25.1. The second-order valence-corrected chi connectivity index (χ2v) is 13.2. The van der Waals surface area contributed by atoms with Crippen molar-refractivity contribution in [2.45, 2.75) is 81.6 Å². The molecule has 12 heteroatoms. The quantitative estimate of drug-likeness (QED) is 0.282. The molecule has 0 saturated carbocycles. The second kappa shape index (κ2) is 13.8. The monoisotopic (exact) mass is 661 g/mol. The van der Waals surface area contributed by atoms with Gasteiger partial charge >= 0.3 is 12.4 Å². The largest absolute Gasteiger partial charge is 0.417 e. The first-order chi connectivity index (χ1) is 21.3. The summed E-state index contributed by atoms with van der Waals surface area (Å²) >= 11 is 6.15. The highest BCUT2D eigenvalue weighted by Crippen LogP contribution is 2.45. The first-order valence-electron chi connectivity index (χ1n) is 15.7. The average Bonchev–Trinajstić information content (AvgIpc) is 3.01. The molecule has 0 aromatic heterocycles. The third-order valence-electron chi connectivity index (χ3n) is 9.93. The summed E-state index contributed by atoms with van der Waals surface area (Å²) in [5, 5.41) is 0.0946. The van der Waals surface area contributed by atoms with E-state index in [-0.39, 0.29) is 29.1 Å². The van der Waals surface area contributed by atoms with Crippen molar-refractivity contribution in [2.24, 2.45) is 0 Å². The van der Waals surface area contributed by atoms with Crippen LogP contribution >= 0.6 is 11.6 Å². The topological polar surface area (TPSA) is 26.8 Å². The van der Waals surface area contributed by atoms with Crippen molar-refractivity contribution in [1.82, 2.24) is 14.7 Å². The normalized spacial score (nSPS) is 23.0. The maximum Gasteiger partial charge on any atom is 0.417 e. The zero-order chi connectivity index (χ0) is 32.4. The Morgan fingerprint density at radius 1 is 0.867 bits per heavy atom. The van der Waals surface area contributed by atoms with Crippen LogP contribution in [0, 0.1) is 5.82 Å². The molecule has 3 fully saturated rings. The molecular formula is C33H39ClF7N3O. The van der Waals surface area contributed by atoms with Crippen LogP contribution in [0.2, 0.25) is 5.02 Å². The van der Waals surface area contributed by atoms with E-state index in [0.717, 1.165) is 45.1 Å². The van der Waals surface area contributed by atoms with Crippen molar-refractivity contribution in [3.05, 3.63) is 69.5 Å². The van der Waals surface area contributed by atoms with Crippen LogP contribution in [0.25, 0.3) is 0 Å². The van der Waals surface area contributed by atoms with E-state index in [0.29, 0.717) is 50.5 Å². The third-order valence-corrected chi connectivity index (χ3v) is 10.3. The van der Waals surface area contributed by atoms with Gasteiger partial charge in [0, 0.05) is 35.1 Å². The summed E-state index contributed by atoms with van der Waals surface area (Å²) in [5.41, 5.74) is -4.30. The lowest BCUT2D eigenvalue weighted by molar-refractivity contribution is -0.162. The van der Waals surface area contributed by atoms with Crippen LogP contribution in [0.1, 0.15) is 73.6 Å². The number of likely N-dealkylation sites (tertiary alicyclic amines) is 3.